The zero-order chi connectivity index (χ0) is 20.9. The fourth-order valence-corrected chi connectivity index (χ4v) is 3.52. The Morgan fingerprint density at radius 3 is 2.63 bits per heavy atom. The van der Waals surface area contributed by atoms with Gasteiger partial charge in [-0.3, -0.25) is 14.6 Å². The Hall–Kier alpha value is -2.81. The highest BCUT2D eigenvalue weighted by Crippen LogP contribution is 2.20. The summed E-state index contributed by atoms with van der Waals surface area (Å²) in [6.45, 7) is 3.86. The minimum atomic E-state index is -0.374. The van der Waals surface area contributed by atoms with E-state index in [1.807, 2.05) is 12.1 Å². The summed E-state index contributed by atoms with van der Waals surface area (Å²) in [5, 5.41) is 7.38. The number of carbonyl (C=O) groups is 1. The number of rotatable bonds is 6. The molecule has 0 spiro atoms. The monoisotopic (exact) mass is 429 g/mol. The summed E-state index contributed by atoms with van der Waals surface area (Å²) in [5.41, 5.74) is 1.28. The van der Waals surface area contributed by atoms with Crippen molar-refractivity contribution in [3.8, 4) is 11.4 Å². The predicted molar refractivity (Wildman–Crippen MR) is 111 cm³/mol. The van der Waals surface area contributed by atoms with Gasteiger partial charge in [0.05, 0.1) is 13.1 Å². The summed E-state index contributed by atoms with van der Waals surface area (Å²) < 4.78 is 18.6. The topological polar surface area (TPSA) is 74.5 Å². The summed E-state index contributed by atoms with van der Waals surface area (Å²) >= 11 is 6.01. The van der Waals surface area contributed by atoms with Crippen LogP contribution in [0.25, 0.3) is 11.4 Å². The molecule has 0 bridgehead atoms. The van der Waals surface area contributed by atoms with E-state index in [2.05, 4.69) is 25.3 Å². The molecule has 1 aliphatic heterocycles. The average Bonchev–Trinajstić information content (AvgIpc) is 3.18. The van der Waals surface area contributed by atoms with E-state index >= 15 is 0 Å². The van der Waals surface area contributed by atoms with Crippen LogP contribution < -0.4 is 5.32 Å². The number of piperazine rings is 1. The first-order chi connectivity index (χ1) is 14.5. The van der Waals surface area contributed by atoms with E-state index in [4.69, 9.17) is 16.1 Å². The largest absolute Gasteiger partial charge is 0.338 e. The minimum absolute atomic E-state index is 0.155. The zero-order valence-electron chi connectivity index (χ0n) is 16.2. The number of hydrogen-bond donors (Lipinski definition) is 1. The van der Waals surface area contributed by atoms with Crippen LogP contribution in [0, 0.1) is 5.82 Å². The van der Waals surface area contributed by atoms with Crippen molar-refractivity contribution < 1.29 is 13.7 Å². The van der Waals surface area contributed by atoms with Gasteiger partial charge < -0.3 is 9.84 Å². The second-order valence-electron chi connectivity index (χ2n) is 7.13. The van der Waals surface area contributed by atoms with E-state index in [1.165, 1.54) is 12.1 Å². The van der Waals surface area contributed by atoms with Crippen LogP contribution in [-0.4, -0.2) is 58.6 Å². The van der Waals surface area contributed by atoms with Crippen LogP contribution >= 0.6 is 11.6 Å². The summed E-state index contributed by atoms with van der Waals surface area (Å²) in [5.74, 6) is 0.528. The number of nitrogens with zero attached hydrogens (tertiary/aromatic N) is 4. The number of benzene rings is 2. The number of halogens is 2. The van der Waals surface area contributed by atoms with Crippen LogP contribution in [0.2, 0.25) is 5.02 Å². The molecule has 0 saturated carbocycles. The fraction of sp³-hybridized carbons (Fsp3) is 0.286. The summed E-state index contributed by atoms with van der Waals surface area (Å²) in [4.78, 5) is 20.9. The van der Waals surface area contributed by atoms with Gasteiger partial charge >= 0.3 is 0 Å². The molecule has 9 heteroatoms. The molecule has 7 nitrogen and oxygen atoms in total. The van der Waals surface area contributed by atoms with Gasteiger partial charge in [0.1, 0.15) is 5.82 Å². The molecule has 30 heavy (non-hydrogen) atoms. The van der Waals surface area contributed by atoms with Crippen molar-refractivity contribution in [3.05, 3.63) is 65.3 Å². The molecule has 4 rings (SSSR count). The lowest BCUT2D eigenvalue weighted by atomic mass is 10.2. The van der Waals surface area contributed by atoms with E-state index in [0.29, 0.717) is 29.0 Å². The number of aromatic nitrogens is 2. The van der Waals surface area contributed by atoms with Gasteiger partial charge in [0.2, 0.25) is 17.6 Å². The first-order valence-corrected chi connectivity index (χ1v) is 10.0. The van der Waals surface area contributed by atoms with E-state index < -0.39 is 0 Å². The zero-order valence-corrected chi connectivity index (χ0v) is 17.0. The van der Waals surface area contributed by atoms with Crippen LogP contribution in [0.15, 0.2) is 53.1 Å². The van der Waals surface area contributed by atoms with Crippen molar-refractivity contribution >= 4 is 23.2 Å². The number of nitrogens with one attached hydrogen (secondary N) is 1. The van der Waals surface area contributed by atoms with E-state index in [0.717, 1.165) is 31.7 Å². The fourth-order valence-electron chi connectivity index (χ4n) is 3.33. The molecule has 0 unspecified atom stereocenters. The number of hydrogen-bond acceptors (Lipinski definition) is 6. The molecule has 3 aromatic rings. The lowest BCUT2D eigenvalue weighted by Crippen LogP contribution is -2.48. The van der Waals surface area contributed by atoms with Crippen LogP contribution in [0.1, 0.15) is 5.89 Å². The Labute approximate surface area is 178 Å². The summed E-state index contributed by atoms with van der Waals surface area (Å²) in [6.07, 6.45) is 0. The molecule has 1 aromatic heterocycles. The lowest BCUT2D eigenvalue weighted by Gasteiger charge is -2.33. The Morgan fingerprint density at radius 2 is 1.87 bits per heavy atom. The molecule has 0 aliphatic carbocycles. The molecule has 1 N–H and O–H groups in total. The first-order valence-electron chi connectivity index (χ1n) is 9.64. The van der Waals surface area contributed by atoms with Gasteiger partial charge in [-0.1, -0.05) is 35.0 Å². The lowest BCUT2D eigenvalue weighted by molar-refractivity contribution is -0.117. The van der Waals surface area contributed by atoms with Crippen molar-refractivity contribution in [1.29, 1.82) is 0 Å². The van der Waals surface area contributed by atoms with Gasteiger partial charge in [-0.05, 0) is 30.3 Å². The molecule has 0 radical (unpaired) electrons. The second kappa shape index (κ2) is 9.34. The van der Waals surface area contributed by atoms with Gasteiger partial charge in [0.25, 0.3) is 0 Å². The van der Waals surface area contributed by atoms with Crippen molar-refractivity contribution in [2.45, 2.75) is 6.54 Å². The number of anilines is 1. The van der Waals surface area contributed by atoms with Crippen molar-refractivity contribution in [2.75, 3.05) is 38.0 Å². The van der Waals surface area contributed by atoms with Crippen molar-refractivity contribution in [1.82, 2.24) is 19.9 Å². The van der Waals surface area contributed by atoms with E-state index in [9.17, 15) is 9.18 Å². The highest BCUT2D eigenvalue weighted by atomic mass is 35.5. The van der Waals surface area contributed by atoms with Gasteiger partial charge in [-0.25, -0.2) is 4.39 Å². The van der Waals surface area contributed by atoms with Crippen molar-refractivity contribution in [3.63, 3.8) is 0 Å². The molecule has 156 valence electrons. The number of amides is 1. The van der Waals surface area contributed by atoms with Crippen LogP contribution in [0.5, 0.6) is 0 Å². The van der Waals surface area contributed by atoms with Crippen LogP contribution in [-0.2, 0) is 11.3 Å². The Balaban J connectivity index is 1.24. The molecule has 2 aromatic carbocycles. The van der Waals surface area contributed by atoms with Crippen molar-refractivity contribution in [2.24, 2.45) is 0 Å². The molecule has 2 heterocycles. The molecule has 1 amide bonds. The standard InChI is InChI=1S/C21H21ClFN5O2/c22-16-4-1-3-15(11-16)21-25-20(30-26-21)14-28-9-7-27(8-10-28)13-19(29)24-18-6-2-5-17(23)12-18/h1-6,11-12H,7-10,13-14H2,(H,24,29). The van der Waals surface area contributed by atoms with Gasteiger partial charge in [0.15, 0.2) is 0 Å². The van der Waals surface area contributed by atoms with Gasteiger partial charge in [0, 0.05) is 42.5 Å². The third kappa shape index (κ3) is 5.41. The van der Waals surface area contributed by atoms with E-state index in [1.54, 1.807) is 24.3 Å². The molecule has 1 aliphatic rings. The Kier molecular flexibility index (Phi) is 6.37. The molecular formula is C21H21ClFN5O2. The molecule has 1 fully saturated rings. The quantitative estimate of drug-likeness (QED) is 0.648. The highest BCUT2D eigenvalue weighted by molar-refractivity contribution is 6.30. The average molecular weight is 430 g/mol. The first kappa shape index (κ1) is 20.5. The summed E-state index contributed by atoms with van der Waals surface area (Å²) in [6, 6.07) is 13.2. The second-order valence-corrected chi connectivity index (χ2v) is 7.57. The SMILES string of the molecule is O=C(CN1CCN(Cc2nc(-c3cccc(Cl)c3)no2)CC1)Nc1cccc(F)c1. The normalized spacial score (nSPS) is 15.3. The summed E-state index contributed by atoms with van der Waals surface area (Å²) in [7, 11) is 0. The molecule has 0 atom stereocenters. The molecular weight excluding hydrogens is 409 g/mol. The smallest absolute Gasteiger partial charge is 0.241 e. The van der Waals surface area contributed by atoms with Gasteiger partial charge in [-0.15, -0.1) is 0 Å². The highest BCUT2D eigenvalue weighted by Gasteiger charge is 2.21. The van der Waals surface area contributed by atoms with Gasteiger partial charge in [-0.2, -0.15) is 4.98 Å². The Morgan fingerprint density at radius 1 is 1.10 bits per heavy atom. The maximum absolute atomic E-state index is 13.2. The number of carbonyl (C=O) groups excluding carboxylic acids is 1. The maximum Gasteiger partial charge on any atom is 0.241 e. The van der Waals surface area contributed by atoms with Crippen LogP contribution in [0.3, 0.4) is 0 Å². The van der Waals surface area contributed by atoms with Crippen LogP contribution in [0.4, 0.5) is 10.1 Å². The third-order valence-electron chi connectivity index (χ3n) is 4.85. The maximum atomic E-state index is 13.2. The van der Waals surface area contributed by atoms with E-state index in [-0.39, 0.29) is 18.3 Å². The minimum Gasteiger partial charge on any atom is -0.338 e. The molecule has 1 saturated heterocycles. The predicted octanol–water partition coefficient (Wildman–Crippen LogP) is 3.29. The Bertz CT molecular complexity index is 1020. The third-order valence-corrected chi connectivity index (χ3v) is 5.09.